The van der Waals surface area contributed by atoms with Crippen molar-refractivity contribution in [2.45, 2.75) is 39.7 Å². The lowest BCUT2D eigenvalue weighted by Crippen LogP contribution is -2.13. The van der Waals surface area contributed by atoms with Gasteiger partial charge in [0.2, 0.25) is 11.8 Å². The summed E-state index contributed by atoms with van der Waals surface area (Å²) in [5.41, 5.74) is 0. The van der Waals surface area contributed by atoms with Crippen LogP contribution < -0.4 is 5.32 Å². The van der Waals surface area contributed by atoms with Crippen LogP contribution in [0.4, 0.5) is 0 Å². The van der Waals surface area contributed by atoms with Gasteiger partial charge in [0, 0.05) is 5.92 Å². The van der Waals surface area contributed by atoms with Crippen molar-refractivity contribution in [2.75, 3.05) is 6.54 Å². The Hall–Kier alpha value is -0.900. The van der Waals surface area contributed by atoms with Crippen LogP contribution in [0, 0.1) is 0 Å². The topological polar surface area (TPSA) is 51.0 Å². The molecular formula is C9H17N3O. The second-order valence-corrected chi connectivity index (χ2v) is 3.37. The lowest BCUT2D eigenvalue weighted by atomic mass is 10.2. The van der Waals surface area contributed by atoms with Crippen LogP contribution in [0.1, 0.15) is 44.9 Å². The third kappa shape index (κ3) is 3.14. The van der Waals surface area contributed by atoms with Crippen LogP contribution in [0.15, 0.2) is 4.42 Å². The lowest BCUT2D eigenvalue weighted by Gasteiger charge is -1.97. The summed E-state index contributed by atoms with van der Waals surface area (Å²) in [5.74, 6) is 1.71. The molecule has 0 amide bonds. The first-order valence-corrected chi connectivity index (χ1v) is 4.77. The first-order chi connectivity index (χ1) is 6.24. The van der Waals surface area contributed by atoms with Gasteiger partial charge in [-0.25, -0.2) is 0 Å². The second-order valence-electron chi connectivity index (χ2n) is 3.37. The fraction of sp³-hybridized carbons (Fsp3) is 0.778. The Morgan fingerprint density at radius 1 is 1.38 bits per heavy atom. The molecule has 0 saturated carbocycles. The molecule has 0 radical (unpaired) electrons. The number of aromatic nitrogens is 2. The Labute approximate surface area is 78.7 Å². The van der Waals surface area contributed by atoms with Crippen LogP contribution in [-0.4, -0.2) is 16.7 Å². The number of nitrogens with one attached hydrogen (secondary N) is 1. The van der Waals surface area contributed by atoms with Gasteiger partial charge >= 0.3 is 0 Å². The van der Waals surface area contributed by atoms with Gasteiger partial charge in [-0.15, -0.1) is 10.2 Å². The molecule has 1 aromatic rings. The maximum atomic E-state index is 5.41. The smallest absolute Gasteiger partial charge is 0.230 e. The summed E-state index contributed by atoms with van der Waals surface area (Å²) in [6.45, 7) is 7.86. The molecule has 4 heteroatoms. The highest BCUT2D eigenvalue weighted by molar-refractivity contribution is 4.86. The normalized spacial score (nSPS) is 11.1. The SMILES string of the molecule is CCCNCc1nnc(C(C)C)o1. The second kappa shape index (κ2) is 4.97. The fourth-order valence-electron chi connectivity index (χ4n) is 0.943. The van der Waals surface area contributed by atoms with Crippen LogP contribution in [0.3, 0.4) is 0 Å². The van der Waals surface area contributed by atoms with E-state index >= 15 is 0 Å². The molecule has 0 unspecified atom stereocenters. The van der Waals surface area contributed by atoms with Gasteiger partial charge in [0.1, 0.15) is 0 Å². The van der Waals surface area contributed by atoms with Crippen LogP contribution in [0.2, 0.25) is 0 Å². The van der Waals surface area contributed by atoms with Gasteiger partial charge in [0.15, 0.2) is 0 Å². The molecule has 0 saturated heterocycles. The average Bonchev–Trinajstić information content (AvgIpc) is 2.53. The van der Waals surface area contributed by atoms with Crippen molar-refractivity contribution in [2.24, 2.45) is 0 Å². The van der Waals surface area contributed by atoms with E-state index in [1.165, 1.54) is 0 Å². The van der Waals surface area contributed by atoms with Crippen LogP contribution in [0.5, 0.6) is 0 Å². The highest BCUT2D eigenvalue weighted by Crippen LogP contribution is 2.11. The minimum atomic E-state index is 0.312. The molecule has 0 fully saturated rings. The highest BCUT2D eigenvalue weighted by Gasteiger charge is 2.08. The number of nitrogens with zero attached hydrogens (tertiary/aromatic N) is 2. The Bertz CT molecular complexity index is 245. The maximum Gasteiger partial charge on any atom is 0.230 e. The summed E-state index contributed by atoms with van der Waals surface area (Å²) in [6.07, 6.45) is 1.12. The summed E-state index contributed by atoms with van der Waals surface area (Å²) in [5, 5.41) is 11.1. The van der Waals surface area contributed by atoms with Crippen molar-refractivity contribution in [3.8, 4) is 0 Å². The molecule has 0 aliphatic rings. The molecule has 13 heavy (non-hydrogen) atoms. The van der Waals surface area contributed by atoms with Crippen molar-refractivity contribution in [3.63, 3.8) is 0 Å². The van der Waals surface area contributed by atoms with Crippen molar-refractivity contribution >= 4 is 0 Å². The van der Waals surface area contributed by atoms with E-state index in [9.17, 15) is 0 Å². The molecule has 1 heterocycles. The Kier molecular flexibility index (Phi) is 3.89. The summed E-state index contributed by atoms with van der Waals surface area (Å²) in [4.78, 5) is 0. The third-order valence-corrected chi connectivity index (χ3v) is 1.68. The van der Waals surface area contributed by atoms with Gasteiger partial charge in [0.05, 0.1) is 6.54 Å². The summed E-state index contributed by atoms with van der Waals surface area (Å²) >= 11 is 0. The standard InChI is InChI=1S/C9H17N3O/c1-4-5-10-6-8-11-12-9(13-8)7(2)3/h7,10H,4-6H2,1-3H3. The van der Waals surface area contributed by atoms with Crippen molar-refractivity contribution in [1.82, 2.24) is 15.5 Å². The first-order valence-electron chi connectivity index (χ1n) is 4.77. The molecule has 0 aromatic carbocycles. The maximum absolute atomic E-state index is 5.41. The van der Waals surface area contributed by atoms with Gasteiger partial charge in [-0.3, -0.25) is 0 Å². The summed E-state index contributed by atoms with van der Waals surface area (Å²) in [7, 11) is 0. The van der Waals surface area contributed by atoms with E-state index in [1.807, 2.05) is 13.8 Å². The molecule has 1 rings (SSSR count). The molecule has 0 aliphatic carbocycles. The number of hydrogen-bond acceptors (Lipinski definition) is 4. The molecule has 0 atom stereocenters. The molecular weight excluding hydrogens is 166 g/mol. The van der Waals surface area contributed by atoms with Crippen molar-refractivity contribution in [1.29, 1.82) is 0 Å². The van der Waals surface area contributed by atoms with Gasteiger partial charge in [-0.05, 0) is 13.0 Å². The first kappa shape index (κ1) is 10.2. The molecule has 1 N–H and O–H groups in total. The highest BCUT2D eigenvalue weighted by atomic mass is 16.4. The minimum absolute atomic E-state index is 0.312. The van der Waals surface area contributed by atoms with E-state index in [-0.39, 0.29) is 0 Å². The van der Waals surface area contributed by atoms with Gasteiger partial charge in [-0.2, -0.15) is 0 Å². The zero-order valence-corrected chi connectivity index (χ0v) is 8.50. The zero-order chi connectivity index (χ0) is 9.68. The average molecular weight is 183 g/mol. The number of rotatable bonds is 5. The number of hydrogen-bond donors (Lipinski definition) is 1. The predicted octanol–water partition coefficient (Wildman–Crippen LogP) is 1.69. The Morgan fingerprint density at radius 2 is 2.15 bits per heavy atom. The van der Waals surface area contributed by atoms with Crippen LogP contribution >= 0.6 is 0 Å². The summed E-state index contributed by atoms with van der Waals surface area (Å²) in [6, 6.07) is 0. The largest absolute Gasteiger partial charge is 0.424 e. The van der Waals surface area contributed by atoms with E-state index in [0.29, 0.717) is 24.2 Å². The van der Waals surface area contributed by atoms with E-state index in [0.717, 1.165) is 13.0 Å². The monoisotopic (exact) mass is 183 g/mol. The van der Waals surface area contributed by atoms with Crippen molar-refractivity contribution < 1.29 is 4.42 Å². The molecule has 0 bridgehead atoms. The van der Waals surface area contributed by atoms with E-state index in [4.69, 9.17) is 4.42 Å². The lowest BCUT2D eigenvalue weighted by molar-refractivity contribution is 0.418. The van der Waals surface area contributed by atoms with E-state index in [2.05, 4.69) is 22.4 Å². The van der Waals surface area contributed by atoms with Gasteiger partial charge in [-0.1, -0.05) is 20.8 Å². The minimum Gasteiger partial charge on any atom is -0.424 e. The van der Waals surface area contributed by atoms with Crippen molar-refractivity contribution in [3.05, 3.63) is 11.8 Å². The van der Waals surface area contributed by atoms with Gasteiger partial charge in [0.25, 0.3) is 0 Å². The van der Waals surface area contributed by atoms with Gasteiger partial charge < -0.3 is 9.73 Å². The van der Waals surface area contributed by atoms with Crippen LogP contribution in [0.25, 0.3) is 0 Å². The Balaban J connectivity index is 2.40. The fourth-order valence-corrected chi connectivity index (χ4v) is 0.943. The zero-order valence-electron chi connectivity index (χ0n) is 8.50. The molecule has 1 aromatic heterocycles. The Morgan fingerprint density at radius 3 is 2.69 bits per heavy atom. The van der Waals surface area contributed by atoms with E-state index in [1.54, 1.807) is 0 Å². The molecule has 0 aliphatic heterocycles. The van der Waals surface area contributed by atoms with E-state index < -0.39 is 0 Å². The van der Waals surface area contributed by atoms with Crippen LogP contribution in [-0.2, 0) is 6.54 Å². The summed E-state index contributed by atoms with van der Waals surface area (Å²) < 4.78 is 5.41. The predicted molar refractivity (Wildman–Crippen MR) is 50.4 cm³/mol. The molecule has 0 spiro atoms. The molecule has 74 valence electrons. The molecule has 4 nitrogen and oxygen atoms in total. The third-order valence-electron chi connectivity index (χ3n) is 1.68. The quantitative estimate of drug-likeness (QED) is 0.706.